The van der Waals surface area contributed by atoms with Gasteiger partial charge in [0.15, 0.2) is 0 Å². The molecule has 0 amide bonds. The highest BCUT2D eigenvalue weighted by atomic mass is 32.1. The number of hydrogen-bond donors (Lipinski definition) is 2. The molecule has 8 heteroatoms. The Labute approximate surface area is 163 Å². The maximum atomic E-state index is 12.6. The van der Waals surface area contributed by atoms with Crippen molar-refractivity contribution in [2.24, 2.45) is 0 Å². The van der Waals surface area contributed by atoms with Crippen molar-refractivity contribution in [3.8, 4) is 5.75 Å². The minimum atomic E-state index is -0.219. The first-order chi connectivity index (χ1) is 13.1. The maximum Gasteiger partial charge on any atom is 0.267 e. The van der Waals surface area contributed by atoms with Crippen molar-refractivity contribution in [3.05, 3.63) is 52.2 Å². The van der Waals surface area contributed by atoms with Gasteiger partial charge >= 0.3 is 0 Å². The minimum absolute atomic E-state index is 0.167. The van der Waals surface area contributed by atoms with Gasteiger partial charge in [0.05, 0.1) is 37.3 Å². The number of benzene rings is 1. The molecule has 0 radical (unpaired) electrons. The highest BCUT2D eigenvalue weighted by molar-refractivity contribution is 7.80. The molecule has 27 heavy (non-hydrogen) atoms. The van der Waals surface area contributed by atoms with Crippen LogP contribution in [0.1, 0.15) is 17.7 Å². The monoisotopic (exact) mass is 388 g/mol. The first-order valence-electron chi connectivity index (χ1n) is 8.92. The van der Waals surface area contributed by atoms with E-state index in [4.69, 9.17) is 14.9 Å². The summed E-state index contributed by atoms with van der Waals surface area (Å²) in [5, 5.41) is 8.36. The Morgan fingerprint density at radius 2 is 1.96 bits per heavy atom. The number of nitrogens with zero attached hydrogens (tertiary/aromatic N) is 3. The molecule has 1 N–H and O–H groups in total. The lowest BCUT2D eigenvalue weighted by atomic mass is 10.1. The molecule has 3 rings (SSSR count). The number of rotatable bonds is 7. The Morgan fingerprint density at radius 3 is 2.63 bits per heavy atom. The van der Waals surface area contributed by atoms with Gasteiger partial charge in [-0.1, -0.05) is 0 Å². The van der Waals surface area contributed by atoms with Crippen molar-refractivity contribution in [3.63, 3.8) is 0 Å². The van der Waals surface area contributed by atoms with E-state index in [-0.39, 0.29) is 21.9 Å². The summed E-state index contributed by atoms with van der Waals surface area (Å²) >= 11 is 4.34. The van der Waals surface area contributed by atoms with Crippen LogP contribution in [0.25, 0.3) is 0 Å². The summed E-state index contributed by atoms with van der Waals surface area (Å²) in [6, 6.07) is 7.08. The molecule has 1 saturated heterocycles. The van der Waals surface area contributed by atoms with E-state index in [2.05, 4.69) is 22.5 Å². The maximum absolute atomic E-state index is 12.6. The SMILES string of the molecule is COc1ccc(C(=N)c2ncn(CCCN3CCOCC3)c(=O)c2S)cc1. The Kier molecular flexibility index (Phi) is 6.65. The fraction of sp³-hybridized carbons (Fsp3) is 0.421. The Hall–Kier alpha value is -2.16. The van der Waals surface area contributed by atoms with Gasteiger partial charge in [-0.25, -0.2) is 4.98 Å². The van der Waals surface area contributed by atoms with E-state index in [9.17, 15) is 4.79 Å². The zero-order chi connectivity index (χ0) is 19.2. The van der Waals surface area contributed by atoms with Crippen LogP contribution in [-0.4, -0.2) is 60.1 Å². The standard InChI is InChI=1S/C19H24N4O3S/c1-25-15-5-3-14(4-6-15)16(20)17-18(27)19(24)23(13-21-17)8-2-7-22-9-11-26-12-10-22/h3-6,13,20,27H,2,7-12H2,1H3. The summed E-state index contributed by atoms with van der Waals surface area (Å²) in [7, 11) is 1.59. The van der Waals surface area contributed by atoms with E-state index >= 15 is 0 Å². The largest absolute Gasteiger partial charge is 0.497 e. The van der Waals surface area contributed by atoms with Crippen LogP contribution in [0.4, 0.5) is 0 Å². The predicted octanol–water partition coefficient (Wildman–Crippen LogP) is 1.68. The quantitative estimate of drug-likeness (QED) is 0.557. The lowest BCUT2D eigenvalue weighted by molar-refractivity contribution is 0.0369. The molecule has 0 bridgehead atoms. The fourth-order valence-electron chi connectivity index (χ4n) is 3.00. The number of methoxy groups -OCH3 is 1. The number of aromatic nitrogens is 2. The van der Waals surface area contributed by atoms with Gasteiger partial charge in [0, 0.05) is 31.7 Å². The molecule has 1 fully saturated rings. The van der Waals surface area contributed by atoms with Gasteiger partial charge in [0.1, 0.15) is 11.4 Å². The lowest BCUT2D eigenvalue weighted by Crippen LogP contribution is -2.37. The van der Waals surface area contributed by atoms with Crippen molar-refractivity contribution < 1.29 is 9.47 Å². The topological polar surface area (TPSA) is 80.4 Å². The van der Waals surface area contributed by atoms with E-state index in [1.807, 2.05) is 0 Å². The summed E-state index contributed by atoms with van der Waals surface area (Å²) in [5.41, 5.74) is 0.893. The predicted molar refractivity (Wildman–Crippen MR) is 107 cm³/mol. The van der Waals surface area contributed by atoms with Crippen LogP contribution in [-0.2, 0) is 11.3 Å². The first kappa shape index (κ1) is 19.6. The first-order valence-corrected chi connectivity index (χ1v) is 9.36. The van der Waals surface area contributed by atoms with Crippen LogP contribution in [0.5, 0.6) is 5.75 Å². The Morgan fingerprint density at radius 1 is 1.26 bits per heavy atom. The Bertz CT molecular complexity index is 845. The summed E-state index contributed by atoms with van der Waals surface area (Å²) in [4.78, 5) is 19.5. The molecule has 1 aliphatic rings. The van der Waals surface area contributed by atoms with Crippen LogP contribution in [0.2, 0.25) is 0 Å². The van der Waals surface area contributed by atoms with Crippen molar-refractivity contribution >= 4 is 18.3 Å². The van der Waals surface area contributed by atoms with Crippen molar-refractivity contribution in [2.45, 2.75) is 17.9 Å². The van der Waals surface area contributed by atoms with E-state index in [1.165, 1.54) is 6.33 Å². The van der Waals surface area contributed by atoms with Crippen LogP contribution in [0.3, 0.4) is 0 Å². The summed E-state index contributed by atoms with van der Waals surface area (Å²) < 4.78 is 12.0. The lowest BCUT2D eigenvalue weighted by Gasteiger charge is -2.26. The smallest absolute Gasteiger partial charge is 0.267 e. The van der Waals surface area contributed by atoms with Crippen LogP contribution in [0.15, 0.2) is 40.3 Å². The van der Waals surface area contributed by atoms with Crippen LogP contribution in [0, 0.1) is 5.41 Å². The Balaban J connectivity index is 1.68. The van der Waals surface area contributed by atoms with Crippen molar-refractivity contribution in [2.75, 3.05) is 40.0 Å². The van der Waals surface area contributed by atoms with Gasteiger partial charge in [-0.3, -0.25) is 19.7 Å². The minimum Gasteiger partial charge on any atom is -0.497 e. The zero-order valence-electron chi connectivity index (χ0n) is 15.4. The van der Waals surface area contributed by atoms with E-state index in [1.54, 1.807) is 35.9 Å². The highest BCUT2D eigenvalue weighted by Crippen LogP contribution is 2.16. The summed E-state index contributed by atoms with van der Waals surface area (Å²) in [6.07, 6.45) is 2.36. The van der Waals surface area contributed by atoms with Crippen molar-refractivity contribution in [1.29, 1.82) is 5.41 Å². The summed E-state index contributed by atoms with van der Waals surface area (Å²) in [6.45, 7) is 4.90. The van der Waals surface area contributed by atoms with Gasteiger partial charge in [-0.15, -0.1) is 12.6 Å². The molecule has 2 aromatic rings. The molecular formula is C19H24N4O3S. The second-order valence-corrected chi connectivity index (χ2v) is 6.80. The van der Waals surface area contributed by atoms with Crippen molar-refractivity contribution in [1.82, 2.24) is 14.5 Å². The number of nitrogens with one attached hydrogen (secondary N) is 1. The average Bonchev–Trinajstić information content (AvgIpc) is 2.71. The molecule has 0 unspecified atom stereocenters. The number of ether oxygens (including phenoxy) is 2. The van der Waals surface area contributed by atoms with E-state index in [0.29, 0.717) is 17.9 Å². The normalized spacial score (nSPS) is 14.9. The van der Waals surface area contributed by atoms with E-state index < -0.39 is 0 Å². The molecule has 0 saturated carbocycles. The fourth-order valence-corrected chi connectivity index (χ4v) is 3.30. The van der Waals surface area contributed by atoms with Gasteiger partial charge in [-0.05, 0) is 30.7 Å². The molecule has 2 heterocycles. The van der Waals surface area contributed by atoms with Gasteiger partial charge < -0.3 is 9.47 Å². The average molecular weight is 388 g/mol. The van der Waals surface area contributed by atoms with Gasteiger partial charge in [-0.2, -0.15) is 0 Å². The molecule has 1 aliphatic heterocycles. The zero-order valence-corrected chi connectivity index (χ0v) is 16.2. The third kappa shape index (κ3) is 4.77. The number of hydrogen-bond acceptors (Lipinski definition) is 7. The highest BCUT2D eigenvalue weighted by Gasteiger charge is 2.15. The van der Waals surface area contributed by atoms with E-state index in [0.717, 1.165) is 39.3 Å². The third-order valence-electron chi connectivity index (χ3n) is 4.61. The molecule has 0 spiro atoms. The number of aryl methyl sites for hydroxylation is 1. The van der Waals surface area contributed by atoms with Gasteiger partial charge in [0.2, 0.25) is 0 Å². The second kappa shape index (κ2) is 9.16. The molecule has 0 atom stereocenters. The number of thiol groups is 1. The third-order valence-corrected chi connectivity index (χ3v) is 5.01. The van der Waals surface area contributed by atoms with Crippen LogP contribution >= 0.6 is 12.6 Å². The number of morpholine rings is 1. The molecule has 1 aromatic carbocycles. The molecule has 7 nitrogen and oxygen atoms in total. The molecular weight excluding hydrogens is 364 g/mol. The van der Waals surface area contributed by atoms with Crippen LogP contribution < -0.4 is 10.3 Å². The van der Waals surface area contributed by atoms with Gasteiger partial charge in [0.25, 0.3) is 5.56 Å². The molecule has 0 aliphatic carbocycles. The second-order valence-electron chi connectivity index (χ2n) is 6.35. The molecule has 144 valence electrons. The summed E-state index contributed by atoms with van der Waals surface area (Å²) in [5.74, 6) is 0.710. The molecule has 1 aromatic heterocycles.